The smallest absolute Gasteiger partial charge is 0.167 e. The van der Waals surface area contributed by atoms with E-state index in [0.29, 0.717) is 6.04 Å². The SMILES string of the molecule is CSCCc1nc(C2CCCCN2C)n[nH]1. The van der Waals surface area contributed by atoms with Crippen molar-refractivity contribution in [2.75, 3.05) is 25.6 Å². The lowest BCUT2D eigenvalue weighted by Crippen LogP contribution is -2.30. The Bertz CT molecular complexity index is 326. The molecule has 1 aromatic rings. The first-order valence-electron chi connectivity index (χ1n) is 5.91. The zero-order valence-corrected chi connectivity index (χ0v) is 10.9. The minimum Gasteiger partial charge on any atom is -0.296 e. The van der Waals surface area contributed by atoms with Gasteiger partial charge in [-0.15, -0.1) is 0 Å². The standard InChI is InChI=1S/C11H20N4S/c1-15-7-4-3-5-9(15)11-12-10(13-14-11)6-8-16-2/h9H,3-8H2,1-2H3,(H,12,13,14). The van der Waals surface area contributed by atoms with E-state index in [1.54, 1.807) is 0 Å². The number of aromatic nitrogens is 3. The molecule has 1 aliphatic rings. The molecule has 90 valence electrons. The van der Waals surface area contributed by atoms with E-state index in [2.05, 4.69) is 33.4 Å². The Labute approximate surface area is 101 Å². The highest BCUT2D eigenvalue weighted by Gasteiger charge is 2.24. The molecule has 1 saturated heterocycles. The Balaban J connectivity index is 1.99. The summed E-state index contributed by atoms with van der Waals surface area (Å²) in [6, 6.07) is 0.424. The first-order valence-corrected chi connectivity index (χ1v) is 7.31. The Kier molecular flexibility index (Phi) is 4.23. The quantitative estimate of drug-likeness (QED) is 0.872. The van der Waals surface area contributed by atoms with Gasteiger partial charge in [0.25, 0.3) is 0 Å². The van der Waals surface area contributed by atoms with Gasteiger partial charge in [0.05, 0.1) is 6.04 Å². The summed E-state index contributed by atoms with van der Waals surface area (Å²) in [6.07, 6.45) is 6.90. The van der Waals surface area contributed by atoms with E-state index >= 15 is 0 Å². The number of hydrogen-bond donors (Lipinski definition) is 1. The van der Waals surface area contributed by atoms with Crippen LogP contribution < -0.4 is 0 Å². The lowest BCUT2D eigenvalue weighted by molar-refractivity contribution is 0.180. The Morgan fingerprint density at radius 2 is 2.38 bits per heavy atom. The first-order chi connectivity index (χ1) is 7.81. The van der Waals surface area contributed by atoms with Crippen molar-refractivity contribution in [3.8, 4) is 0 Å². The van der Waals surface area contributed by atoms with E-state index in [0.717, 1.165) is 23.8 Å². The molecule has 16 heavy (non-hydrogen) atoms. The van der Waals surface area contributed by atoms with Crippen LogP contribution in [0.15, 0.2) is 0 Å². The second-order valence-corrected chi connectivity index (χ2v) is 5.36. The highest BCUT2D eigenvalue weighted by atomic mass is 32.2. The van der Waals surface area contributed by atoms with Gasteiger partial charge in [0, 0.05) is 12.2 Å². The number of H-pyrrole nitrogens is 1. The van der Waals surface area contributed by atoms with E-state index in [1.807, 2.05) is 11.8 Å². The average Bonchev–Trinajstić information content (AvgIpc) is 2.75. The molecule has 0 spiro atoms. The molecule has 0 radical (unpaired) electrons. The summed E-state index contributed by atoms with van der Waals surface area (Å²) in [7, 11) is 2.17. The van der Waals surface area contributed by atoms with Crippen LogP contribution in [0.5, 0.6) is 0 Å². The number of thioether (sulfide) groups is 1. The fraction of sp³-hybridized carbons (Fsp3) is 0.818. The van der Waals surface area contributed by atoms with Crippen LogP contribution in [0, 0.1) is 0 Å². The maximum Gasteiger partial charge on any atom is 0.167 e. The second kappa shape index (κ2) is 5.68. The van der Waals surface area contributed by atoms with Crippen LogP contribution in [0.25, 0.3) is 0 Å². The third-order valence-electron chi connectivity index (χ3n) is 3.16. The van der Waals surface area contributed by atoms with Crippen molar-refractivity contribution in [3.05, 3.63) is 11.6 Å². The van der Waals surface area contributed by atoms with Crippen molar-refractivity contribution >= 4 is 11.8 Å². The van der Waals surface area contributed by atoms with Gasteiger partial charge in [0.2, 0.25) is 0 Å². The predicted molar refractivity (Wildman–Crippen MR) is 67.7 cm³/mol. The van der Waals surface area contributed by atoms with Gasteiger partial charge in [0.1, 0.15) is 5.82 Å². The van der Waals surface area contributed by atoms with Gasteiger partial charge >= 0.3 is 0 Å². The number of aromatic amines is 1. The minimum absolute atomic E-state index is 0.424. The van der Waals surface area contributed by atoms with Crippen molar-refractivity contribution in [1.82, 2.24) is 20.1 Å². The summed E-state index contributed by atoms with van der Waals surface area (Å²) in [4.78, 5) is 6.97. The molecule has 0 aromatic carbocycles. The fourth-order valence-corrected chi connectivity index (χ4v) is 2.57. The van der Waals surface area contributed by atoms with Gasteiger partial charge in [0.15, 0.2) is 5.82 Å². The molecule has 2 heterocycles. The molecule has 1 unspecified atom stereocenters. The normalized spacial score (nSPS) is 22.5. The van der Waals surface area contributed by atoms with Crippen molar-refractivity contribution in [1.29, 1.82) is 0 Å². The summed E-state index contributed by atoms with van der Waals surface area (Å²) < 4.78 is 0. The molecule has 0 bridgehead atoms. The third-order valence-corrected chi connectivity index (χ3v) is 3.77. The van der Waals surface area contributed by atoms with E-state index in [1.165, 1.54) is 25.8 Å². The summed E-state index contributed by atoms with van der Waals surface area (Å²) in [5.41, 5.74) is 0. The molecule has 1 atom stereocenters. The van der Waals surface area contributed by atoms with E-state index in [-0.39, 0.29) is 0 Å². The zero-order chi connectivity index (χ0) is 11.4. The van der Waals surface area contributed by atoms with Gasteiger partial charge in [-0.1, -0.05) is 6.42 Å². The predicted octanol–water partition coefficient (Wildman–Crippen LogP) is 1.87. The lowest BCUT2D eigenvalue weighted by Gasteiger charge is -2.30. The molecule has 1 aromatic heterocycles. The topological polar surface area (TPSA) is 44.8 Å². The van der Waals surface area contributed by atoms with Gasteiger partial charge < -0.3 is 0 Å². The zero-order valence-electron chi connectivity index (χ0n) is 10.1. The number of aryl methyl sites for hydroxylation is 1. The monoisotopic (exact) mass is 240 g/mol. The highest BCUT2D eigenvalue weighted by Crippen LogP contribution is 2.26. The van der Waals surface area contributed by atoms with Gasteiger partial charge in [-0.05, 0) is 32.7 Å². The molecule has 4 nitrogen and oxygen atoms in total. The van der Waals surface area contributed by atoms with Crippen LogP contribution in [-0.4, -0.2) is 45.7 Å². The fourth-order valence-electron chi connectivity index (χ4n) is 2.17. The lowest BCUT2D eigenvalue weighted by atomic mass is 10.0. The van der Waals surface area contributed by atoms with Crippen LogP contribution in [0.4, 0.5) is 0 Å². The molecule has 1 N–H and O–H groups in total. The minimum atomic E-state index is 0.424. The van der Waals surface area contributed by atoms with E-state index < -0.39 is 0 Å². The summed E-state index contributed by atoms with van der Waals surface area (Å²) in [5, 5.41) is 7.41. The Morgan fingerprint density at radius 3 is 3.12 bits per heavy atom. The molecule has 2 rings (SSSR count). The first kappa shape index (κ1) is 11.9. The largest absolute Gasteiger partial charge is 0.296 e. The van der Waals surface area contributed by atoms with Crippen LogP contribution in [-0.2, 0) is 6.42 Å². The maximum absolute atomic E-state index is 4.60. The van der Waals surface area contributed by atoms with Crippen LogP contribution in [0.1, 0.15) is 37.0 Å². The number of likely N-dealkylation sites (tertiary alicyclic amines) is 1. The van der Waals surface area contributed by atoms with E-state index in [4.69, 9.17) is 0 Å². The number of piperidine rings is 1. The van der Waals surface area contributed by atoms with Crippen LogP contribution >= 0.6 is 11.8 Å². The molecular formula is C11H20N4S. The van der Waals surface area contributed by atoms with Gasteiger partial charge in [-0.3, -0.25) is 10.00 Å². The van der Waals surface area contributed by atoms with Gasteiger partial charge in [-0.25, -0.2) is 4.98 Å². The van der Waals surface area contributed by atoms with Crippen molar-refractivity contribution in [3.63, 3.8) is 0 Å². The highest BCUT2D eigenvalue weighted by molar-refractivity contribution is 7.98. The molecule has 0 amide bonds. The summed E-state index contributed by atoms with van der Waals surface area (Å²) in [6.45, 7) is 1.17. The van der Waals surface area contributed by atoms with Crippen molar-refractivity contribution < 1.29 is 0 Å². The Hall–Kier alpha value is -0.550. The average molecular weight is 240 g/mol. The number of hydrogen-bond acceptors (Lipinski definition) is 4. The summed E-state index contributed by atoms with van der Waals surface area (Å²) in [5.74, 6) is 3.12. The maximum atomic E-state index is 4.60. The molecule has 0 aliphatic carbocycles. The van der Waals surface area contributed by atoms with E-state index in [9.17, 15) is 0 Å². The van der Waals surface area contributed by atoms with Crippen molar-refractivity contribution in [2.24, 2.45) is 0 Å². The molecular weight excluding hydrogens is 220 g/mol. The number of nitrogens with one attached hydrogen (secondary N) is 1. The third kappa shape index (κ3) is 2.77. The number of rotatable bonds is 4. The second-order valence-electron chi connectivity index (χ2n) is 4.38. The summed E-state index contributed by atoms with van der Waals surface area (Å²) >= 11 is 1.84. The molecule has 1 fully saturated rings. The number of nitrogens with zero attached hydrogens (tertiary/aromatic N) is 3. The van der Waals surface area contributed by atoms with Crippen LogP contribution in [0.3, 0.4) is 0 Å². The van der Waals surface area contributed by atoms with Crippen LogP contribution in [0.2, 0.25) is 0 Å². The van der Waals surface area contributed by atoms with Crippen molar-refractivity contribution in [2.45, 2.75) is 31.7 Å². The van der Waals surface area contributed by atoms with Gasteiger partial charge in [-0.2, -0.15) is 16.9 Å². The molecule has 1 aliphatic heterocycles. The Morgan fingerprint density at radius 1 is 1.50 bits per heavy atom. The molecule has 5 heteroatoms. The molecule has 0 saturated carbocycles.